The van der Waals surface area contributed by atoms with E-state index in [0.717, 1.165) is 0 Å². The minimum atomic E-state index is -4.28. The first-order valence-corrected chi connectivity index (χ1v) is 6.56. The number of nitrogens with zero attached hydrogens (tertiary/aromatic N) is 2. The highest BCUT2D eigenvalue weighted by Crippen LogP contribution is 2.27. The lowest BCUT2D eigenvalue weighted by Crippen LogP contribution is -2.26. The topological polar surface area (TPSA) is 59.7 Å². The molecule has 4 nitrogen and oxygen atoms in total. The first kappa shape index (κ1) is 18.3. The van der Waals surface area contributed by atoms with Gasteiger partial charge < -0.3 is 5.11 Å². The van der Waals surface area contributed by atoms with Crippen LogP contribution in [0.5, 0.6) is 5.75 Å². The molecule has 0 radical (unpaired) electrons. The van der Waals surface area contributed by atoms with Crippen LogP contribution in [0, 0.1) is 11.3 Å². The Labute approximate surface area is 132 Å². The summed E-state index contributed by atoms with van der Waals surface area (Å²) in [6.45, 7) is 2.21. The number of nitrogens with one attached hydrogen (secondary N) is 1. The van der Waals surface area contributed by atoms with Gasteiger partial charge in [0.2, 0.25) is 0 Å². The molecule has 1 aliphatic rings. The van der Waals surface area contributed by atoms with Crippen molar-refractivity contribution in [3.63, 3.8) is 0 Å². The van der Waals surface area contributed by atoms with Gasteiger partial charge in [0.15, 0.2) is 0 Å². The van der Waals surface area contributed by atoms with Crippen LogP contribution in [0.4, 0.5) is 13.2 Å². The lowest BCUT2D eigenvalue weighted by molar-refractivity contribution is -0.133. The Bertz CT molecular complexity index is 575. The molecule has 0 saturated heterocycles. The molecular weight excluding hydrogens is 319 g/mol. The van der Waals surface area contributed by atoms with Crippen molar-refractivity contribution in [3.05, 3.63) is 29.8 Å². The van der Waals surface area contributed by atoms with E-state index in [4.69, 9.17) is 5.41 Å². The summed E-state index contributed by atoms with van der Waals surface area (Å²) in [6, 6.07) is 6.67. The highest BCUT2D eigenvalue weighted by molar-refractivity contribution is 6.06. The van der Waals surface area contributed by atoms with Crippen molar-refractivity contribution in [1.29, 1.82) is 5.41 Å². The van der Waals surface area contributed by atoms with Gasteiger partial charge in [-0.15, -0.1) is 12.4 Å². The third-order valence-corrected chi connectivity index (χ3v) is 3.28. The quantitative estimate of drug-likeness (QED) is 0.652. The van der Waals surface area contributed by atoms with Gasteiger partial charge in [-0.1, -0.05) is 19.1 Å². The molecule has 0 spiro atoms. The number of hydrogen-bond acceptors (Lipinski definition) is 3. The van der Waals surface area contributed by atoms with Crippen LogP contribution in [0.25, 0.3) is 0 Å². The predicted molar refractivity (Wildman–Crippen MR) is 80.8 cm³/mol. The molecule has 1 aromatic rings. The molecule has 122 valence electrons. The van der Waals surface area contributed by atoms with Gasteiger partial charge in [0.05, 0.1) is 18.7 Å². The molecule has 1 aliphatic heterocycles. The lowest BCUT2D eigenvalue weighted by atomic mass is 9.99. The zero-order valence-electron chi connectivity index (χ0n) is 11.9. The average molecular weight is 336 g/mol. The summed E-state index contributed by atoms with van der Waals surface area (Å²) in [5.41, 5.74) is 1.14. The van der Waals surface area contributed by atoms with Crippen LogP contribution >= 0.6 is 12.4 Å². The number of alkyl halides is 3. The van der Waals surface area contributed by atoms with Crippen molar-refractivity contribution in [2.75, 3.05) is 6.54 Å². The van der Waals surface area contributed by atoms with Crippen molar-refractivity contribution in [1.82, 2.24) is 5.01 Å². The minimum Gasteiger partial charge on any atom is -0.507 e. The fraction of sp³-hybridized carbons (Fsp3) is 0.429. The minimum absolute atomic E-state index is 0. The van der Waals surface area contributed by atoms with E-state index >= 15 is 0 Å². The van der Waals surface area contributed by atoms with Gasteiger partial charge in [-0.2, -0.15) is 18.3 Å². The van der Waals surface area contributed by atoms with E-state index < -0.39 is 19.0 Å². The Morgan fingerprint density at radius 2 is 2.05 bits per heavy atom. The highest BCUT2D eigenvalue weighted by Gasteiger charge is 2.31. The molecule has 8 heteroatoms. The number of rotatable bonds is 3. The van der Waals surface area contributed by atoms with Crippen LogP contribution in [-0.4, -0.2) is 34.4 Å². The Morgan fingerprint density at radius 1 is 1.41 bits per heavy atom. The van der Waals surface area contributed by atoms with Crippen molar-refractivity contribution in [2.24, 2.45) is 11.0 Å². The number of phenols is 1. The van der Waals surface area contributed by atoms with Gasteiger partial charge in [-0.05, 0) is 12.1 Å². The van der Waals surface area contributed by atoms with Crippen LogP contribution in [0.1, 0.15) is 25.3 Å². The molecule has 1 aromatic carbocycles. The van der Waals surface area contributed by atoms with Gasteiger partial charge in [0.25, 0.3) is 0 Å². The molecular formula is C14H17ClF3N3O. The fourth-order valence-corrected chi connectivity index (χ4v) is 2.18. The van der Waals surface area contributed by atoms with Crippen LogP contribution in [0.2, 0.25) is 0 Å². The van der Waals surface area contributed by atoms with Gasteiger partial charge in [0, 0.05) is 17.9 Å². The van der Waals surface area contributed by atoms with Gasteiger partial charge in [-0.3, -0.25) is 10.4 Å². The van der Waals surface area contributed by atoms with Crippen LogP contribution in [0.3, 0.4) is 0 Å². The zero-order chi connectivity index (χ0) is 15.6. The number of phenolic OH excluding ortho intramolecular Hbond substituents is 1. The van der Waals surface area contributed by atoms with E-state index in [0.29, 0.717) is 17.8 Å². The highest BCUT2D eigenvalue weighted by atomic mass is 35.5. The van der Waals surface area contributed by atoms with Crippen molar-refractivity contribution >= 4 is 24.0 Å². The normalized spacial score (nSPS) is 17.9. The smallest absolute Gasteiger partial charge is 0.389 e. The first-order valence-electron chi connectivity index (χ1n) is 6.56. The predicted octanol–water partition coefficient (Wildman–Crippen LogP) is 3.79. The fourth-order valence-electron chi connectivity index (χ4n) is 2.18. The Balaban J connectivity index is 0.00000242. The number of para-hydroxylation sites is 1. The second-order valence-corrected chi connectivity index (χ2v) is 5.05. The van der Waals surface area contributed by atoms with E-state index in [1.54, 1.807) is 18.2 Å². The molecule has 0 saturated carbocycles. The second kappa shape index (κ2) is 7.00. The number of aromatic hydroxyl groups is 1. The third kappa shape index (κ3) is 4.37. The summed E-state index contributed by atoms with van der Waals surface area (Å²) < 4.78 is 36.6. The monoisotopic (exact) mass is 335 g/mol. The van der Waals surface area contributed by atoms with Gasteiger partial charge >= 0.3 is 6.18 Å². The van der Waals surface area contributed by atoms with Gasteiger partial charge in [0.1, 0.15) is 11.6 Å². The van der Waals surface area contributed by atoms with Gasteiger partial charge in [-0.25, -0.2) is 0 Å². The van der Waals surface area contributed by atoms with Crippen molar-refractivity contribution in [3.8, 4) is 5.75 Å². The SMILES string of the molecule is CC1CN(C(=N)CCC(F)(F)F)N=C1c1ccccc1O.Cl. The first-order chi connectivity index (χ1) is 9.78. The average Bonchev–Trinajstić information content (AvgIpc) is 2.78. The third-order valence-electron chi connectivity index (χ3n) is 3.28. The van der Waals surface area contributed by atoms with E-state index in [2.05, 4.69) is 5.10 Å². The zero-order valence-corrected chi connectivity index (χ0v) is 12.7. The molecule has 1 unspecified atom stereocenters. The van der Waals surface area contributed by atoms with E-state index in [9.17, 15) is 18.3 Å². The summed E-state index contributed by atoms with van der Waals surface area (Å²) in [6.07, 6.45) is -5.70. The molecule has 2 rings (SSSR count). The maximum atomic E-state index is 12.2. The molecule has 1 atom stereocenters. The molecule has 0 bridgehead atoms. The number of amidine groups is 1. The van der Waals surface area contributed by atoms with E-state index in [1.807, 2.05) is 6.92 Å². The molecule has 0 aromatic heterocycles. The Kier molecular flexibility index (Phi) is 5.82. The van der Waals surface area contributed by atoms with E-state index in [-0.39, 0.29) is 29.9 Å². The summed E-state index contributed by atoms with van der Waals surface area (Å²) in [5.74, 6) is -0.152. The maximum Gasteiger partial charge on any atom is 0.389 e. The molecule has 1 heterocycles. The summed E-state index contributed by atoms with van der Waals surface area (Å²) in [7, 11) is 0. The Hall–Kier alpha value is -1.76. The maximum absolute atomic E-state index is 12.2. The number of hydrazone groups is 1. The molecule has 0 aliphatic carbocycles. The van der Waals surface area contributed by atoms with E-state index in [1.165, 1.54) is 11.1 Å². The largest absolute Gasteiger partial charge is 0.507 e. The van der Waals surface area contributed by atoms with Crippen molar-refractivity contribution < 1.29 is 18.3 Å². The van der Waals surface area contributed by atoms with Crippen LogP contribution in [-0.2, 0) is 0 Å². The van der Waals surface area contributed by atoms with Crippen LogP contribution in [0.15, 0.2) is 29.4 Å². The number of hydrogen-bond donors (Lipinski definition) is 2. The Morgan fingerprint density at radius 3 is 2.64 bits per heavy atom. The number of halogens is 4. The van der Waals surface area contributed by atoms with Crippen LogP contribution < -0.4 is 0 Å². The van der Waals surface area contributed by atoms with Crippen molar-refractivity contribution in [2.45, 2.75) is 25.9 Å². The standard InChI is InChI=1S/C14H16F3N3O.ClH/c1-9-8-20(12(18)6-7-14(15,16)17)19-13(9)10-4-2-3-5-11(10)21;/h2-5,9,18,21H,6-8H2,1H3;1H. The number of benzene rings is 1. The summed E-state index contributed by atoms with van der Waals surface area (Å²) in [4.78, 5) is 0. The molecule has 0 fully saturated rings. The summed E-state index contributed by atoms with van der Waals surface area (Å²) >= 11 is 0. The summed E-state index contributed by atoms with van der Waals surface area (Å²) in [5, 5.41) is 23.0. The second-order valence-electron chi connectivity index (χ2n) is 5.05. The molecule has 2 N–H and O–H groups in total. The lowest BCUT2D eigenvalue weighted by Gasteiger charge is -2.16. The molecule has 0 amide bonds. The molecule has 22 heavy (non-hydrogen) atoms.